The molecule has 7 heteroatoms. The Bertz CT molecular complexity index is 202. The third kappa shape index (κ3) is 3.12. The molecule has 0 heterocycles. The lowest BCUT2D eigenvalue weighted by atomic mass is 10.2. The maximum atomic E-state index is 10.4. The van der Waals surface area contributed by atoms with Crippen molar-refractivity contribution in [3.63, 3.8) is 0 Å². The van der Waals surface area contributed by atoms with Crippen LogP contribution in [0.1, 0.15) is 0 Å². The van der Waals surface area contributed by atoms with Crippen LogP contribution >= 0.6 is 0 Å². The quantitative estimate of drug-likeness (QED) is 0.358. The fourth-order valence-electron chi connectivity index (χ4n) is 0.629. The van der Waals surface area contributed by atoms with E-state index in [-0.39, 0.29) is 13.1 Å². The molecule has 6 nitrogen and oxygen atoms in total. The SMILES string of the molecule is NCC(O)C(CN)S(=O)(=O)O. The van der Waals surface area contributed by atoms with Gasteiger partial charge in [-0.1, -0.05) is 0 Å². The fourth-order valence-corrected chi connectivity index (χ4v) is 1.38. The van der Waals surface area contributed by atoms with Crippen LogP contribution in [0.2, 0.25) is 0 Å². The number of aliphatic hydroxyl groups is 1. The van der Waals surface area contributed by atoms with E-state index in [9.17, 15) is 8.42 Å². The maximum absolute atomic E-state index is 10.4. The van der Waals surface area contributed by atoms with E-state index in [2.05, 4.69) is 0 Å². The Kier molecular flexibility index (Phi) is 3.90. The Morgan fingerprint density at radius 1 is 1.27 bits per heavy atom. The normalized spacial score (nSPS) is 17.8. The topological polar surface area (TPSA) is 127 Å². The van der Waals surface area contributed by atoms with Gasteiger partial charge >= 0.3 is 0 Å². The average Bonchev–Trinajstić information content (AvgIpc) is 1.86. The lowest BCUT2D eigenvalue weighted by molar-refractivity contribution is 0.174. The predicted octanol–water partition coefficient (Wildman–Crippen LogP) is -2.48. The van der Waals surface area contributed by atoms with Crippen LogP contribution in [-0.4, -0.2) is 42.5 Å². The first-order chi connectivity index (χ1) is 4.93. The summed E-state index contributed by atoms with van der Waals surface area (Å²) in [7, 11) is -4.28. The van der Waals surface area contributed by atoms with E-state index in [1.807, 2.05) is 0 Å². The van der Waals surface area contributed by atoms with Crippen molar-refractivity contribution in [2.24, 2.45) is 11.5 Å². The molecular weight excluding hydrogens is 172 g/mol. The molecule has 0 fully saturated rings. The van der Waals surface area contributed by atoms with Crippen molar-refractivity contribution >= 4 is 10.1 Å². The maximum Gasteiger partial charge on any atom is 0.271 e. The van der Waals surface area contributed by atoms with Crippen LogP contribution in [0.5, 0.6) is 0 Å². The Morgan fingerprint density at radius 2 is 1.73 bits per heavy atom. The molecule has 2 atom stereocenters. The van der Waals surface area contributed by atoms with Crippen molar-refractivity contribution in [1.82, 2.24) is 0 Å². The molecule has 0 aliphatic carbocycles. The van der Waals surface area contributed by atoms with Gasteiger partial charge in [0.2, 0.25) is 0 Å². The van der Waals surface area contributed by atoms with Crippen molar-refractivity contribution in [1.29, 1.82) is 0 Å². The molecule has 2 unspecified atom stereocenters. The summed E-state index contributed by atoms with van der Waals surface area (Å²) >= 11 is 0. The summed E-state index contributed by atoms with van der Waals surface area (Å²) in [5.41, 5.74) is 9.94. The van der Waals surface area contributed by atoms with Gasteiger partial charge < -0.3 is 16.6 Å². The van der Waals surface area contributed by atoms with Gasteiger partial charge in [-0.05, 0) is 0 Å². The van der Waals surface area contributed by atoms with Crippen molar-refractivity contribution in [3.8, 4) is 0 Å². The first kappa shape index (κ1) is 10.8. The van der Waals surface area contributed by atoms with Crippen molar-refractivity contribution < 1.29 is 18.1 Å². The minimum absolute atomic E-state index is 0.248. The van der Waals surface area contributed by atoms with Gasteiger partial charge in [0, 0.05) is 13.1 Å². The van der Waals surface area contributed by atoms with E-state index in [1.54, 1.807) is 0 Å². The molecule has 0 aromatic rings. The highest BCUT2D eigenvalue weighted by Gasteiger charge is 2.28. The van der Waals surface area contributed by atoms with E-state index >= 15 is 0 Å². The second-order valence-corrected chi connectivity index (χ2v) is 3.73. The molecule has 11 heavy (non-hydrogen) atoms. The molecule has 0 aliphatic heterocycles. The standard InChI is InChI=1S/C4H12N2O4S/c5-1-3(7)4(2-6)11(8,9)10/h3-4,7H,1-2,5-6H2,(H,8,9,10). The van der Waals surface area contributed by atoms with Crippen LogP contribution in [0.3, 0.4) is 0 Å². The van der Waals surface area contributed by atoms with E-state index in [1.165, 1.54) is 0 Å². The van der Waals surface area contributed by atoms with Gasteiger partial charge in [-0.3, -0.25) is 4.55 Å². The second kappa shape index (κ2) is 3.98. The van der Waals surface area contributed by atoms with Gasteiger partial charge in [-0.25, -0.2) is 0 Å². The van der Waals surface area contributed by atoms with Gasteiger partial charge in [-0.15, -0.1) is 0 Å². The monoisotopic (exact) mass is 184 g/mol. The minimum Gasteiger partial charge on any atom is -0.390 e. The van der Waals surface area contributed by atoms with Gasteiger partial charge in [0.05, 0.1) is 6.10 Å². The van der Waals surface area contributed by atoms with Crippen molar-refractivity contribution in [3.05, 3.63) is 0 Å². The Balaban J connectivity index is 4.42. The molecule has 68 valence electrons. The van der Waals surface area contributed by atoms with Gasteiger partial charge in [0.25, 0.3) is 10.1 Å². The molecule has 0 rings (SSSR count). The summed E-state index contributed by atoms with van der Waals surface area (Å²) < 4.78 is 29.3. The highest BCUT2D eigenvalue weighted by molar-refractivity contribution is 7.86. The largest absolute Gasteiger partial charge is 0.390 e. The lowest BCUT2D eigenvalue weighted by Crippen LogP contribution is -2.43. The van der Waals surface area contributed by atoms with Crippen molar-refractivity contribution in [2.45, 2.75) is 11.4 Å². The molecule has 0 aromatic carbocycles. The third-order valence-corrected chi connectivity index (χ3v) is 2.56. The van der Waals surface area contributed by atoms with Gasteiger partial charge in [-0.2, -0.15) is 8.42 Å². The zero-order valence-electron chi connectivity index (χ0n) is 5.84. The van der Waals surface area contributed by atoms with Gasteiger partial charge in [0.1, 0.15) is 5.25 Å². The van der Waals surface area contributed by atoms with Crippen LogP contribution < -0.4 is 11.5 Å². The van der Waals surface area contributed by atoms with E-state index in [0.717, 1.165) is 0 Å². The summed E-state index contributed by atoms with van der Waals surface area (Å²) in [5.74, 6) is 0. The van der Waals surface area contributed by atoms with Crippen LogP contribution in [0.15, 0.2) is 0 Å². The summed E-state index contributed by atoms with van der Waals surface area (Å²) in [6.45, 7) is -0.598. The molecule has 0 saturated heterocycles. The molecular formula is C4H12N2O4S. The first-order valence-electron chi connectivity index (χ1n) is 2.98. The zero-order valence-corrected chi connectivity index (χ0v) is 6.66. The van der Waals surface area contributed by atoms with Gasteiger partial charge in [0.15, 0.2) is 0 Å². The van der Waals surface area contributed by atoms with E-state index < -0.39 is 21.5 Å². The highest BCUT2D eigenvalue weighted by atomic mass is 32.2. The molecule has 0 bridgehead atoms. The summed E-state index contributed by atoms with van der Waals surface area (Å²) in [5, 5.41) is 7.53. The number of hydrogen-bond acceptors (Lipinski definition) is 5. The highest BCUT2D eigenvalue weighted by Crippen LogP contribution is 2.01. The molecule has 0 spiro atoms. The van der Waals surface area contributed by atoms with E-state index in [4.69, 9.17) is 21.1 Å². The molecule has 0 saturated carbocycles. The number of aliphatic hydroxyl groups excluding tert-OH is 1. The molecule has 0 aromatic heterocycles. The molecule has 0 amide bonds. The average molecular weight is 184 g/mol. The second-order valence-electron chi connectivity index (χ2n) is 2.09. The molecule has 6 N–H and O–H groups in total. The Morgan fingerprint density at radius 3 is 1.82 bits per heavy atom. The smallest absolute Gasteiger partial charge is 0.271 e. The summed E-state index contributed by atoms with van der Waals surface area (Å²) in [6.07, 6.45) is -1.31. The van der Waals surface area contributed by atoms with Crippen LogP contribution in [0.4, 0.5) is 0 Å². The lowest BCUT2D eigenvalue weighted by Gasteiger charge is -2.15. The first-order valence-corrected chi connectivity index (χ1v) is 4.48. The zero-order chi connectivity index (χ0) is 9.07. The molecule has 0 radical (unpaired) electrons. The number of rotatable bonds is 4. The number of nitrogens with two attached hydrogens (primary N) is 2. The predicted molar refractivity (Wildman–Crippen MR) is 39.5 cm³/mol. The number of hydrogen-bond donors (Lipinski definition) is 4. The third-order valence-electron chi connectivity index (χ3n) is 1.29. The Hall–Kier alpha value is -0.210. The van der Waals surface area contributed by atoms with E-state index in [0.29, 0.717) is 0 Å². The fraction of sp³-hybridized carbons (Fsp3) is 1.00. The van der Waals surface area contributed by atoms with Crippen LogP contribution in [-0.2, 0) is 10.1 Å². The van der Waals surface area contributed by atoms with Crippen molar-refractivity contribution in [2.75, 3.05) is 13.1 Å². The van der Waals surface area contributed by atoms with Crippen LogP contribution in [0.25, 0.3) is 0 Å². The van der Waals surface area contributed by atoms with Crippen LogP contribution in [0, 0.1) is 0 Å². The summed E-state index contributed by atoms with van der Waals surface area (Å²) in [4.78, 5) is 0. The minimum atomic E-state index is -4.28. The Labute approximate surface area is 64.9 Å². The molecule has 0 aliphatic rings. The summed E-state index contributed by atoms with van der Waals surface area (Å²) in [6, 6.07) is 0.